The number of hydrogen-bond acceptors (Lipinski definition) is 6. The second-order valence-corrected chi connectivity index (χ2v) is 7.38. The topological polar surface area (TPSA) is 47.5 Å². The molecule has 0 aliphatic carbocycles. The van der Waals surface area contributed by atoms with Gasteiger partial charge in [-0.1, -0.05) is 6.92 Å². The number of likely N-dealkylation sites (N-methyl/N-ethyl adjacent to an activating group) is 1. The Bertz CT molecular complexity index is 718. The minimum Gasteiger partial charge on any atom is -0.372 e. The van der Waals surface area contributed by atoms with Crippen LogP contribution in [0.15, 0.2) is 36.5 Å². The fourth-order valence-electron chi connectivity index (χ4n) is 3.89. The van der Waals surface area contributed by atoms with Crippen LogP contribution < -0.4 is 15.1 Å². The van der Waals surface area contributed by atoms with Gasteiger partial charge in [-0.25, -0.2) is 4.98 Å². The number of benzene rings is 1. The van der Waals surface area contributed by atoms with E-state index in [2.05, 4.69) is 56.2 Å². The summed E-state index contributed by atoms with van der Waals surface area (Å²) in [5.41, 5.74) is 2.38. The molecule has 0 radical (unpaired) electrons. The highest BCUT2D eigenvalue weighted by Gasteiger charge is 2.18. The van der Waals surface area contributed by atoms with Crippen molar-refractivity contribution in [2.45, 2.75) is 26.2 Å². The summed E-state index contributed by atoms with van der Waals surface area (Å²) in [7, 11) is 0. The van der Waals surface area contributed by atoms with E-state index in [1.54, 1.807) is 0 Å². The van der Waals surface area contributed by atoms with E-state index < -0.39 is 0 Å². The molecule has 0 saturated carbocycles. The van der Waals surface area contributed by atoms with Crippen molar-refractivity contribution in [1.29, 1.82) is 0 Å². The Balaban J connectivity index is 1.39. The van der Waals surface area contributed by atoms with Crippen molar-refractivity contribution in [3.05, 3.63) is 36.5 Å². The summed E-state index contributed by atoms with van der Waals surface area (Å²) in [6, 6.07) is 10.6. The van der Waals surface area contributed by atoms with Crippen LogP contribution in [0, 0.1) is 0 Å². The van der Waals surface area contributed by atoms with Crippen molar-refractivity contribution >= 4 is 23.1 Å². The highest BCUT2D eigenvalue weighted by atomic mass is 15.3. The van der Waals surface area contributed by atoms with Gasteiger partial charge in [0, 0.05) is 56.8 Å². The molecule has 1 aromatic carbocycles. The third kappa shape index (κ3) is 4.50. The molecule has 2 aliphatic heterocycles. The van der Waals surface area contributed by atoms with Crippen molar-refractivity contribution in [3.63, 3.8) is 0 Å². The normalized spacial score (nSPS) is 18.6. The van der Waals surface area contributed by atoms with Crippen LogP contribution in [0.4, 0.5) is 23.1 Å². The third-order valence-corrected chi connectivity index (χ3v) is 5.61. The zero-order valence-electron chi connectivity index (χ0n) is 16.3. The number of anilines is 4. The Hall–Kier alpha value is -2.34. The Morgan fingerprint density at radius 3 is 2.30 bits per heavy atom. The van der Waals surface area contributed by atoms with Gasteiger partial charge in [-0.15, -0.1) is 0 Å². The van der Waals surface area contributed by atoms with Gasteiger partial charge in [-0.05, 0) is 56.1 Å². The summed E-state index contributed by atoms with van der Waals surface area (Å²) >= 11 is 0. The molecule has 3 heterocycles. The molecule has 0 bridgehead atoms. The van der Waals surface area contributed by atoms with E-state index in [0.717, 1.165) is 50.2 Å². The highest BCUT2D eigenvalue weighted by molar-refractivity contribution is 5.61. The van der Waals surface area contributed by atoms with Gasteiger partial charge in [0.2, 0.25) is 5.95 Å². The zero-order chi connectivity index (χ0) is 18.5. The largest absolute Gasteiger partial charge is 0.372 e. The van der Waals surface area contributed by atoms with Gasteiger partial charge in [0.05, 0.1) is 0 Å². The van der Waals surface area contributed by atoms with Gasteiger partial charge >= 0.3 is 0 Å². The first kappa shape index (κ1) is 18.0. The predicted molar refractivity (Wildman–Crippen MR) is 112 cm³/mol. The average molecular weight is 367 g/mol. The lowest BCUT2D eigenvalue weighted by molar-refractivity contribution is 0.270. The second-order valence-electron chi connectivity index (χ2n) is 7.38. The van der Waals surface area contributed by atoms with Gasteiger partial charge in [0.15, 0.2) is 0 Å². The fourth-order valence-corrected chi connectivity index (χ4v) is 3.89. The van der Waals surface area contributed by atoms with Gasteiger partial charge < -0.3 is 20.0 Å². The first-order valence-electron chi connectivity index (χ1n) is 10.2. The summed E-state index contributed by atoms with van der Waals surface area (Å²) in [4.78, 5) is 16.4. The van der Waals surface area contributed by atoms with Crippen LogP contribution >= 0.6 is 0 Å². The first-order valence-corrected chi connectivity index (χ1v) is 10.2. The molecule has 2 saturated heterocycles. The van der Waals surface area contributed by atoms with E-state index in [4.69, 9.17) is 4.98 Å². The van der Waals surface area contributed by atoms with Crippen LogP contribution in [-0.4, -0.2) is 60.7 Å². The molecule has 2 aliphatic rings. The standard InChI is InChI=1S/C21H30N6/c1-2-25-14-16-27(17-15-25)21-22-11-10-20(24-21)23-18-6-8-19(9-7-18)26-12-4-3-5-13-26/h6-11H,2-5,12-17H2,1H3,(H,22,23,24). The highest BCUT2D eigenvalue weighted by Crippen LogP contribution is 2.23. The first-order chi connectivity index (χ1) is 13.3. The molecule has 0 atom stereocenters. The second kappa shape index (κ2) is 8.57. The van der Waals surface area contributed by atoms with Crippen LogP contribution in [0.25, 0.3) is 0 Å². The number of piperazine rings is 1. The Morgan fingerprint density at radius 1 is 0.852 bits per heavy atom. The van der Waals surface area contributed by atoms with Crippen LogP contribution in [0.2, 0.25) is 0 Å². The molecule has 4 rings (SSSR count). The van der Waals surface area contributed by atoms with Crippen molar-refractivity contribution in [2.24, 2.45) is 0 Å². The molecule has 1 N–H and O–H groups in total. The Kier molecular flexibility index (Phi) is 5.72. The fraction of sp³-hybridized carbons (Fsp3) is 0.524. The number of hydrogen-bond donors (Lipinski definition) is 1. The smallest absolute Gasteiger partial charge is 0.227 e. The predicted octanol–water partition coefficient (Wildman–Crippen LogP) is 3.35. The van der Waals surface area contributed by atoms with Gasteiger partial charge in [-0.2, -0.15) is 4.98 Å². The molecule has 0 spiro atoms. The monoisotopic (exact) mass is 366 g/mol. The minimum absolute atomic E-state index is 0.820. The number of nitrogens with one attached hydrogen (secondary N) is 1. The molecular weight excluding hydrogens is 336 g/mol. The van der Waals surface area contributed by atoms with Crippen LogP contribution in [-0.2, 0) is 0 Å². The molecule has 2 aromatic rings. The molecular formula is C21H30N6. The summed E-state index contributed by atoms with van der Waals surface area (Å²) in [6.45, 7) is 9.81. The van der Waals surface area contributed by atoms with E-state index in [9.17, 15) is 0 Å². The molecule has 144 valence electrons. The number of rotatable bonds is 5. The van der Waals surface area contributed by atoms with Gasteiger partial charge in [0.1, 0.15) is 5.82 Å². The Morgan fingerprint density at radius 2 is 1.59 bits per heavy atom. The summed E-state index contributed by atoms with van der Waals surface area (Å²) < 4.78 is 0. The van der Waals surface area contributed by atoms with E-state index in [1.807, 2.05) is 12.3 Å². The minimum atomic E-state index is 0.820. The lowest BCUT2D eigenvalue weighted by atomic mass is 10.1. The molecule has 6 heteroatoms. The molecule has 2 fully saturated rings. The maximum absolute atomic E-state index is 4.73. The van der Waals surface area contributed by atoms with E-state index >= 15 is 0 Å². The van der Waals surface area contributed by atoms with Crippen molar-refractivity contribution < 1.29 is 0 Å². The summed E-state index contributed by atoms with van der Waals surface area (Å²) in [5.74, 6) is 1.67. The maximum Gasteiger partial charge on any atom is 0.227 e. The number of aromatic nitrogens is 2. The van der Waals surface area contributed by atoms with E-state index in [0.29, 0.717) is 0 Å². The summed E-state index contributed by atoms with van der Waals surface area (Å²) in [5, 5.41) is 3.43. The van der Waals surface area contributed by atoms with Crippen LogP contribution in [0.1, 0.15) is 26.2 Å². The molecule has 27 heavy (non-hydrogen) atoms. The van der Waals surface area contributed by atoms with Crippen molar-refractivity contribution in [1.82, 2.24) is 14.9 Å². The number of piperidine rings is 1. The lowest BCUT2D eigenvalue weighted by Gasteiger charge is -2.34. The molecule has 6 nitrogen and oxygen atoms in total. The maximum atomic E-state index is 4.73. The third-order valence-electron chi connectivity index (χ3n) is 5.61. The number of nitrogens with zero attached hydrogens (tertiary/aromatic N) is 5. The van der Waals surface area contributed by atoms with Gasteiger partial charge in [-0.3, -0.25) is 0 Å². The lowest BCUT2D eigenvalue weighted by Crippen LogP contribution is -2.46. The van der Waals surface area contributed by atoms with Crippen molar-refractivity contribution in [3.8, 4) is 0 Å². The van der Waals surface area contributed by atoms with Gasteiger partial charge in [0.25, 0.3) is 0 Å². The molecule has 0 amide bonds. The van der Waals surface area contributed by atoms with Crippen LogP contribution in [0.5, 0.6) is 0 Å². The average Bonchev–Trinajstić information content (AvgIpc) is 2.75. The Labute approximate surface area is 162 Å². The summed E-state index contributed by atoms with van der Waals surface area (Å²) in [6.07, 6.45) is 5.81. The zero-order valence-corrected chi connectivity index (χ0v) is 16.3. The molecule has 0 unspecified atom stereocenters. The SMILES string of the molecule is CCN1CCN(c2nccc(Nc3ccc(N4CCCCC4)cc3)n2)CC1. The van der Waals surface area contributed by atoms with E-state index in [1.165, 1.54) is 38.0 Å². The van der Waals surface area contributed by atoms with Crippen molar-refractivity contribution in [2.75, 3.05) is 60.9 Å². The van der Waals surface area contributed by atoms with E-state index in [-0.39, 0.29) is 0 Å². The quantitative estimate of drug-likeness (QED) is 0.876. The molecule has 1 aromatic heterocycles. The van der Waals surface area contributed by atoms with Crippen LogP contribution in [0.3, 0.4) is 0 Å².